The number of nitrogens with zero attached hydrogens (tertiary/aromatic N) is 2. The van der Waals surface area contributed by atoms with Crippen molar-refractivity contribution in [1.82, 2.24) is 4.98 Å². The van der Waals surface area contributed by atoms with Crippen LogP contribution in [0.2, 0.25) is 0 Å². The van der Waals surface area contributed by atoms with Crippen LogP contribution in [-0.2, 0) is 11.2 Å². The van der Waals surface area contributed by atoms with Crippen LogP contribution in [0.5, 0.6) is 0 Å². The van der Waals surface area contributed by atoms with Crippen molar-refractivity contribution in [2.45, 2.75) is 6.42 Å². The first-order valence-corrected chi connectivity index (χ1v) is 6.74. The Kier molecular flexibility index (Phi) is 3.91. The Labute approximate surface area is 112 Å². The van der Waals surface area contributed by atoms with Crippen LogP contribution in [0.3, 0.4) is 0 Å². The molecule has 0 aliphatic heterocycles. The van der Waals surface area contributed by atoms with Crippen molar-refractivity contribution < 1.29 is 4.79 Å². The van der Waals surface area contributed by atoms with Gasteiger partial charge in [-0.1, -0.05) is 22.0 Å². The molecule has 0 atom stereocenters. The lowest BCUT2D eigenvalue weighted by atomic mass is 10.3. The molecular weight excluding hydrogens is 300 g/mol. The Balaban J connectivity index is 2.09. The van der Waals surface area contributed by atoms with E-state index in [1.807, 2.05) is 29.6 Å². The highest BCUT2D eigenvalue weighted by atomic mass is 79.9. The van der Waals surface area contributed by atoms with E-state index in [9.17, 15) is 4.79 Å². The van der Waals surface area contributed by atoms with Gasteiger partial charge in [-0.2, -0.15) is 0 Å². The molecule has 0 saturated heterocycles. The minimum absolute atomic E-state index is 0.0399. The summed E-state index contributed by atoms with van der Waals surface area (Å²) >= 11 is 4.95. The first kappa shape index (κ1) is 12.3. The zero-order valence-electron chi connectivity index (χ0n) is 9.26. The second-order valence-electron chi connectivity index (χ2n) is 3.54. The molecule has 0 N–H and O–H groups in total. The van der Waals surface area contributed by atoms with Crippen LogP contribution < -0.4 is 4.90 Å². The van der Waals surface area contributed by atoms with Crippen molar-refractivity contribution in [3.05, 3.63) is 45.2 Å². The summed E-state index contributed by atoms with van der Waals surface area (Å²) in [6.45, 7) is 0. The van der Waals surface area contributed by atoms with E-state index in [1.165, 1.54) is 0 Å². The van der Waals surface area contributed by atoms with Crippen LogP contribution in [0.25, 0.3) is 0 Å². The van der Waals surface area contributed by atoms with Gasteiger partial charge in [0.15, 0.2) is 0 Å². The van der Waals surface area contributed by atoms with Crippen LogP contribution in [0.4, 0.5) is 5.82 Å². The Morgan fingerprint density at radius 3 is 3.00 bits per heavy atom. The van der Waals surface area contributed by atoms with E-state index in [0.29, 0.717) is 12.2 Å². The van der Waals surface area contributed by atoms with Crippen LogP contribution in [0.15, 0.2) is 40.3 Å². The third-order valence-corrected chi connectivity index (χ3v) is 3.70. The summed E-state index contributed by atoms with van der Waals surface area (Å²) in [6, 6.07) is 7.57. The number of halogens is 1. The number of likely N-dealkylation sites (N-methyl/N-ethyl adjacent to an activating group) is 1. The quantitative estimate of drug-likeness (QED) is 0.872. The number of carbonyl (C=O) groups excluding carboxylic acids is 1. The average molecular weight is 311 g/mol. The number of rotatable bonds is 3. The molecule has 3 nitrogen and oxygen atoms in total. The van der Waals surface area contributed by atoms with E-state index in [4.69, 9.17) is 0 Å². The van der Waals surface area contributed by atoms with Crippen LogP contribution in [0.1, 0.15) is 4.88 Å². The smallest absolute Gasteiger partial charge is 0.233 e. The number of amides is 1. The van der Waals surface area contributed by atoms with Crippen molar-refractivity contribution >= 4 is 39.0 Å². The molecule has 2 aromatic heterocycles. The molecule has 0 fully saturated rings. The number of pyridine rings is 1. The van der Waals surface area contributed by atoms with Crippen LogP contribution in [-0.4, -0.2) is 17.9 Å². The number of hydrogen-bond acceptors (Lipinski definition) is 3. The molecule has 0 bridgehead atoms. The molecule has 2 rings (SSSR count). The molecule has 0 aromatic carbocycles. The minimum atomic E-state index is 0.0399. The highest BCUT2D eigenvalue weighted by Gasteiger charge is 2.13. The zero-order chi connectivity index (χ0) is 12.3. The standard InChI is InChI=1S/C12H11BrN2OS/c1-15(11-7-9(13)4-5-14-11)12(16)8-10-3-2-6-17-10/h2-7H,8H2,1H3. The van der Waals surface area contributed by atoms with Gasteiger partial charge in [0.1, 0.15) is 5.82 Å². The lowest BCUT2D eigenvalue weighted by Gasteiger charge is -2.15. The topological polar surface area (TPSA) is 33.2 Å². The fraction of sp³-hybridized carbons (Fsp3) is 0.167. The predicted octanol–water partition coefficient (Wildman–Crippen LogP) is 3.11. The molecule has 0 unspecified atom stereocenters. The maximum atomic E-state index is 12.0. The van der Waals surface area contributed by atoms with Crippen molar-refractivity contribution in [3.63, 3.8) is 0 Å². The van der Waals surface area contributed by atoms with E-state index in [-0.39, 0.29) is 5.91 Å². The van der Waals surface area contributed by atoms with Gasteiger partial charge in [0, 0.05) is 22.6 Å². The van der Waals surface area contributed by atoms with Gasteiger partial charge in [0.2, 0.25) is 5.91 Å². The summed E-state index contributed by atoms with van der Waals surface area (Å²) in [7, 11) is 1.74. The van der Waals surface area contributed by atoms with Gasteiger partial charge in [-0.3, -0.25) is 9.69 Å². The highest BCUT2D eigenvalue weighted by Crippen LogP contribution is 2.17. The molecule has 2 aromatic rings. The summed E-state index contributed by atoms with van der Waals surface area (Å²) in [5, 5.41) is 1.97. The summed E-state index contributed by atoms with van der Waals surface area (Å²) in [6.07, 6.45) is 2.09. The van der Waals surface area contributed by atoms with Crippen molar-refractivity contribution in [2.24, 2.45) is 0 Å². The number of carbonyl (C=O) groups is 1. The lowest BCUT2D eigenvalue weighted by molar-refractivity contribution is -0.117. The van der Waals surface area contributed by atoms with Crippen LogP contribution >= 0.6 is 27.3 Å². The van der Waals surface area contributed by atoms with E-state index in [1.54, 1.807) is 29.5 Å². The summed E-state index contributed by atoms with van der Waals surface area (Å²) < 4.78 is 0.915. The molecule has 17 heavy (non-hydrogen) atoms. The zero-order valence-corrected chi connectivity index (χ0v) is 11.7. The molecule has 0 aliphatic carbocycles. The van der Waals surface area contributed by atoms with Gasteiger partial charge in [-0.25, -0.2) is 4.98 Å². The number of aromatic nitrogens is 1. The van der Waals surface area contributed by atoms with Crippen molar-refractivity contribution in [2.75, 3.05) is 11.9 Å². The number of thiophene rings is 1. The minimum Gasteiger partial charge on any atom is -0.300 e. The Bertz CT molecular complexity index is 513. The second kappa shape index (κ2) is 5.42. The maximum absolute atomic E-state index is 12.0. The van der Waals surface area contributed by atoms with Gasteiger partial charge in [0.05, 0.1) is 6.42 Å². The van der Waals surface area contributed by atoms with E-state index in [2.05, 4.69) is 20.9 Å². The largest absolute Gasteiger partial charge is 0.300 e. The summed E-state index contributed by atoms with van der Waals surface area (Å²) in [4.78, 5) is 18.8. The average Bonchev–Trinajstić information content (AvgIpc) is 2.80. The van der Waals surface area contributed by atoms with Gasteiger partial charge >= 0.3 is 0 Å². The first-order valence-electron chi connectivity index (χ1n) is 5.07. The summed E-state index contributed by atoms with van der Waals surface area (Å²) in [5.74, 6) is 0.694. The third kappa shape index (κ3) is 3.14. The maximum Gasteiger partial charge on any atom is 0.233 e. The van der Waals surface area contributed by atoms with Crippen molar-refractivity contribution in [3.8, 4) is 0 Å². The molecular formula is C12H11BrN2OS. The van der Waals surface area contributed by atoms with Gasteiger partial charge in [0.25, 0.3) is 0 Å². The molecule has 0 aliphatic rings. The number of anilines is 1. The molecule has 5 heteroatoms. The second-order valence-corrected chi connectivity index (χ2v) is 5.49. The van der Waals surface area contributed by atoms with Crippen LogP contribution in [0, 0.1) is 0 Å². The van der Waals surface area contributed by atoms with Gasteiger partial charge in [-0.15, -0.1) is 11.3 Å². The molecule has 0 radical (unpaired) electrons. The normalized spacial score (nSPS) is 10.2. The Hall–Kier alpha value is -1.20. The summed E-state index contributed by atoms with van der Waals surface area (Å²) in [5.41, 5.74) is 0. The molecule has 1 amide bonds. The SMILES string of the molecule is CN(C(=O)Cc1cccs1)c1cc(Br)ccn1. The molecule has 0 saturated carbocycles. The monoisotopic (exact) mass is 310 g/mol. The molecule has 88 valence electrons. The predicted molar refractivity (Wildman–Crippen MR) is 73.4 cm³/mol. The Morgan fingerprint density at radius 1 is 1.53 bits per heavy atom. The molecule has 2 heterocycles. The number of hydrogen-bond donors (Lipinski definition) is 0. The molecule has 0 spiro atoms. The first-order chi connectivity index (χ1) is 8.16. The van der Waals surface area contributed by atoms with E-state index >= 15 is 0 Å². The lowest BCUT2D eigenvalue weighted by Crippen LogP contribution is -2.28. The van der Waals surface area contributed by atoms with Gasteiger partial charge in [-0.05, 0) is 23.6 Å². The fourth-order valence-electron chi connectivity index (χ4n) is 1.39. The Morgan fingerprint density at radius 2 is 2.35 bits per heavy atom. The van der Waals surface area contributed by atoms with Crippen molar-refractivity contribution in [1.29, 1.82) is 0 Å². The fourth-order valence-corrected chi connectivity index (χ4v) is 2.40. The van der Waals surface area contributed by atoms with Gasteiger partial charge < -0.3 is 0 Å². The van der Waals surface area contributed by atoms with E-state index in [0.717, 1.165) is 9.35 Å². The van der Waals surface area contributed by atoms with E-state index < -0.39 is 0 Å². The highest BCUT2D eigenvalue weighted by molar-refractivity contribution is 9.10. The third-order valence-electron chi connectivity index (χ3n) is 2.33.